The number of aromatic nitrogens is 4. The highest BCUT2D eigenvalue weighted by molar-refractivity contribution is 5.92. The molecule has 0 saturated carbocycles. The summed E-state index contributed by atoms with van der Waals surface area (Å²) < 4.78 is 0. The first kappa shape index (κ1) is 18.6. The minimum atomic E-state index is -0.0503. The normalized spacial score (nSPS) is 22.7. The molecular weight excluding hydrogens is 356 g/mol. The van der Waals surface area contributed by atoms with E-state index in [1.165, 1.54) is 0 Å². The standard InChI is InChI=1S/C20H26N6O2/c1-14-8-17(24-23-14)19(28)25-7-3-5-20(12-25)6-4-18(27)26(13-20)11-16-10-21-15(2)9-22-16/h8-10H,3-7,11-13H2,1-2H3,(H,23,24)/t20-/m0/s1. The molecule has 2 aromatic heterocycles. The highest BCUT2D eigenvalue weighted by Gasteiger charge is 2.43. The summed E-state index contributed by atoms with van der Waals surface area (Å²) in [7, 11) is 0. The van der Waals surface area contributed by atoms with Gasteiger partial charge in [0.25, 0.3) is 5.91 Å². The van der Waals surface area contributed by atoms with Crippen molar-refractivity contribution in [3.63, 3.8) is 0 Å². The minimum absolute atomic E-state index is 0.0312. The smallest absolute Gasteiger partial charge is 0.274 e. The maximum absolute atomic E-state index is 12.9. The molecule has 4 rings (SSSR count). The van der Waals surface area contributed by atoms with Gasteiger partial charge in [-0.3, -0.25) is 24.7 Å². The fourth-order valence-electron chi connectivity index (χ4n) is 4.35. The quantitative estimate of drug-likeness (QED) is 0.874. The lowest BCUT2D eigenvalue weighted by Gasteiger charge is -2.48. The highest BCUT2D eigenvalue weighted by atomic mass is 16.2. The third kappa shape index (κ3) is 3.76. The average molecular weight is 382 g/mol. The van der Waals surface area contributed by atoms with Crippen LogP contribution in [0.2, 0.25) is 0 Å². The Morgan fingerprint density at radius 3 is 2.79 bits per heavy atom. The van der Waals surface area contributed by atoms with E-state index in [4.69, 9.17) is 0 Å². The van der Waals surface area contributed by atoms with Gasteiger partial charge in [-0.05, 0) is 39.2 Å². The molecule has 2 saturated heterocycles. The van der Waals surface area contributed by atoms with Crippen LogP contribution in [-0.2, 0) is 11.3 Å². The van der Waals surface area contributed by atoms with Crippen LogP contribution in [0.1, 0.15) is 53.3 Å². The van der Waals surface area contributed by atoms with Crippen LogP contribution in [0.4, 0.5) is 0 Å². The monoisotopic (exact) mass is 382 g/mol. The molecule has 2 aromatic rings. The third-order valence-electron chi connectivity index (χ3n) is 5.81. The molecule has 1 N–H and O–H groups in total. The topological polar surface area (TPSA) is 95.1 Å². The molecule has 8 heteroatoms. The highest BCUT2D eigenvalue weighted by Crippen LogP contribution is 2.39. The molecule has 0 radical (unpaired) electrons. The van der Waals surface area contributed by atoms with E-state index >= 15 is 0 Å². The van der Waals surface area contributed by atoms with Crippen molar-refractivity contribution in [2.45, 2.75) is 46.1 Å². The van der Waals surface area contributed by atoms with Gasteiger partial charge in [0, 0.05) is 43.4 Å². The molecule has 2 fully saturated rings. The van der Waals surface area contributed by atoms with Crippen LogP contribution < -0.4 is 0 Å². The van der Waals surface area contributed by atoms with Crippen LogP contribution in [0.5, 0.6) is 0 Å². The zero-order valence-electron chi connectivity index (χ0n) is 16.4. The summed E-state index contributed by atoms with van der Waals surface area (Å²) in [6.07, 6.45) is 6.78. The van der Waals surface area contributed by atoms with E-state index in [-0.39, 0.29) is 17.2 Å². The van der Waals surface area contributed by atoms with Crippen LogP contribution in [0, 0.1) is 19.3 Å². The lowest BCUT2D eigenvalue weighted by Crippen LogP contribution is -2.54. The number of nitrogens with one attached hydrogen (secondary N) is 1. The number of H-pyrrole nitrogens is 1. The zero-order chi connectivity index (χ0) is 19.7. The predicted molar refractivity (Wildman–Crippen MR) is 102 cm³/mol. The number of amides is 2. The molecule has 0 bridgehead atoms. The summed E-state index contributed by atoms with van der Waals surface area (Å²) in [6.45, 7) is 6.32. The predicted octanol–water partition coefficient (Wildman–Crippen LogP) is 1.86. The Morgan fingerprint density at radius 2 is 2.07 bits per heavy atom. The Labute approximate surface area is 164 Å². The molecule has 0 aromatic carbocycles. The Bertz CT molecular complexity index is 877. The SMILES string of the molecule is Cc1cnc(CN2C[C@@]3(CCCN(C(=O)c4cc(C)[nH]n4)C3)CCC2=O)cn1. The lowest BCUT2D eigenvalue weighted by molar-refractivity contribution is -0.139. The number of aromatic amines is 1. The lowest BCUT2D eigenvalue weighted by atomic mass is 9.73. The third-order valence-corrected chi connectivity index (χ3v) is 5.81. The Balaban J connectivity index is 1.47. The van der Waals surface area contributed by atoms with Crippen molar-refractivity contribution < 1.29 is 9.59 Å². The molecule has 2 aliphatic heterocycles. The molecule has 2 aliphatic rings. The molecular formula is C20H26N6O2. The maximum Gasteiger partial charge on any atom is 0.274 e. The summed E-state index contributed by atoms with van der Waals surface area (Å²) in [5, 5.41) is 6.96. The number of hydrogen-bond acceptors (Lipinski definition) is 5. The van der Waals surface area contributed by atoms with Crippen molar-refractivity contribution in [1.82, 2.24) is 30.0 Å². The first-order valence-corrected chi connectivity index (χ1v) is 9.81. The second-order valence-corrected chi connectivity index (χ2v) is 8.17. The maximum atomic E-state index is 12.9. The van der Waals surface area contributed by atoms with Gasteiger partial charge >= 0.3 is 0 Å². The first-order chi connectivity index (χ1) is 13.4. The molecule has 1 spiro atoms. The summed E-state index contributed by atoms with van der Waals surface area (Å²) in [4.78, 5) is 37.8. The second-order valence-electron chi connectivity index (χ2n) is 8.17. The van der Waals surface area contributed by atoms with Gasteiger partial charge in [0.15, 0.2) is 0 Å². The van der Waals surface area contributed by atoms with Gasteiger partial charge in [0.2, 0.25) is 5.91 Å². The number of piperidine rings is 2. The number of rotatable bonds is 3. The summed E-state index contributed by atoms with van der Waals surface area (Å²) in [6, 6.07) is 1.79. The first-order valence-electron chi connectivity index (χ1n) is 9.81. The molecule has 1 atom stereocenters. The Hall–Kier alpha value is -2.77. The number of carbonyl (C=O) groups is 2. The number of likely N-dealkylation sites (tertiary alicyclic amines) is 2. The van der Waals surface area contributed by atoms with Crippen molar-refractivity contribution in [1.29, 1.82) is 0 Å². The molecule has 28 heavy (non-hydrogen) atoms. The van der Waals surface area contributed by atoms with Gasteiger partial charge < -0.3 is 9.80 Å². The fourth-order valence-corrected chi connectivity index (χ4v) is 4.35. The van der Waals surface area contributed by atoms with E-state index in [1.807, 2.05) is 23.6 Å². The fraction of sp³-hybridized carbons (Fsp3) is 0.550. The number of hydrogen-bond donors (Lipinski definition) is 1. The van der Waals surface area contributed by atoms with Gasteiger partial charge in [0.1, 0.15) is 5.69 Å². The Kier molecular flexibility index (Phi) is 4.87. The van der Waals surface area contributed by atoms with Gasteiger partial charge in [-0.15, -0.1) is 0 Å². The van der Waals surface area contributed by atoms with Crippen LogP contribution in [0.3, 0.4) is 0 Å². The molecule has 148 valence electrons. The van der Waals surface area contributed by atoms with Gasteiger partial charge in [-0.1, -0.05) is 0 Å². The summed E-state index contributed by atoms with van der Waals surface area (Å²) in [5.74, 6) is 0.121. The van der Waals surface area contributed by atoms with Gasteiger partial charge in [-0.2, -0.15) is 5.10 Å². The van der Waals surface area contributed by atoms with Crippen LogP contribution in [0.15, 0.2) is 18.5 Å². The largest absolute Gasteiger partial charge is 0.337 e. The van der Waals surface area contributed by atoms with Gasteiger partial charge in [0.05, 0.1) is 24.1 Å². The number of carbonyl (C=O) groups excluding carboxylic acids is 2. The number of nitrogens with zero attached hydrogens (tertiary/aromatic N) is 5. The van der Waals surface area contributed by atoms with Crippen molar-refractivity contribution in [2.75, 3.05) is 19.6 Å². The van der Waals surface area contributed by atoms with E-state index in [2.05, 4.69) is 20.2 Å². The molecule has 0 aliphatic carbocycles. The molecule has 0 unspecified atom stereocenters. The average Bonchev–Trinajstić information content (AvgIpc) is 3.13. The summed E-state index contributed by atoms with van der Waals surface area (Å²) >= 11 is 0. The second kappa shape index (κ2) is 7.33. The zero-order valence-corrected chi connectivity index (χ0v) is 16.4. The molecule has 4 heterocycles. The van der Waals surface area contributed by atoms with E-state index in [9.17, 15) is 9.59 Å². The van der Waals surface area contributed by atoms with Gasteiger partial charge in [-0.25, -0.2) is 0 Å². The van der Waals surface area contributed by atoms with Crippen LogP contribution >= 0.6 is 0 Å². The van der Waals surface area contributed by atoms with Crippen LogP contribution in [0.25, 0.3) is 0 Å². The van der Waals surface area contributed by atoms with Crippen molar-refractivity contribution >= 4 is 11.8 Å². The van der Waals surface area contributed by atoms with Crippen molar-refractivity contribution in [3.8, 4) is 0 Å². The Morgan fingerprint density at radius 1 is 1.21 bits per heavy atom. The van der Waals surface area contributed by atoms with Crippen molar-refractivity contribution in [3.05, 3.63) is 41.2 Å². The van der Waals surface area contributed by atoms with E-state index in [0.29, 0.717) is 31.7 Å². The van der Waals surface area contributed by atoms with E-state index in [1.54, 1.807) is 18.5 Å². The van der Waals surface area contributed by atoms with Crippen molar-refractivity contribution in [2.24, 2.45) is 5.41 Å². The van der Waals surface area contributed by atoms with E-state index < -0.39 is 0 Å². The van der Waals surface area contributed by atoms with Crippen LogP contribution in [-0.4, -0.2) is 61.4 Å². The van der Waals surface area contributed by atoms with E-state index in [0.717, 1.165) is 42.9 Å². The summed E-state index contributed by atoms with van der Waals surface area (Å²) in [5.41, 5.74) is 2.95. The number of aryl methyl sites for hydroxylation is 2. The molecule has 2 amide bonds. The minimum Gasteiger partial charge on any atom is -0.337 e. The molecule has 8 nitrogen and oxygen atoms in total.